The maximum absolute atomic E-state index is 5.33. The van der Waals surface area contributed by atoms with E-state index in [4.69, 9.17) is 4.98 Å². The van der Waals surface area contributed by atoms with Crippen LogP contribution in [0.3, 0.4) is 0 Å². The van der Waals surface area contributed by atoms with Gasteiger partial charge < -0.3 is 0 Å². The quantitative estimate of drug-likeness (QED) is 0.311. The summed E-state index contributed by atoms with van der Waals surface area (Å²) < 4.78 is 1.13. The molecule has 4 aromatic rings. The molecule has 0 spiro atoms. The third-order valence-electron chi connectivity index (χ3n) is 6.35. The minimum absolute atomic E-state index is 1.05. The lowest BCUT2D eigenvalue weighted by Crippen LogP contribution is -2.14. The van der Waals surface area contributed by atoms with E-state index >= 15 is 0 Å². The van der Waals surface area contributed by atoms with Crippen LogP contribution in [0.4, 0.5) is 0 Å². The Morgan fingerprint density at radius 3 is 1.79 bits per heavy atom. The van der Waals surface area contributed by atoms with Crippen molar-refractivity contribution in [3.8, 4) is 33.6 Å². The highest BCUT2D eigenvalue weighted by Gasteiger charge is 2.28. The predicted molar refractivity (Wildman–Crippen MR) is 123 cm³/mol. The molecule has 0 saturated carbocycles. The Balaban J connectivity index is 1.73. The summed E-state index contributed by atoms with van der Waals surface area (Å²) in [5.74, 6) is 0. The fourth-order valence-electron chi connectivity index (χ4n) is 5.05. The van der Waals surface area contributed by atoms with Gasteiger partial charge in [-0.2, -0.15) is 0 Å². The molecule has 0 amide bonds. The van der Waals surface area contributed by atoms with Crippen molar-refractivity contribution in [2.45, 2.75) is 25.7 Å². The molecule has 29 heavy (non-hydrogen) atoms. The lowest BCUT2D eigenvalue weighted by atomic mass is 9.78. The maximum Gasteiger partial charge on any atom is 0.0750 e. The van der Waals surface area contributed by atoms with Crippen molar-refractivity contribution in [2.75, 3.05) is 0 Å². The van der Waals surface area contributed by atoms with Gasteiger partial charge in [0, 0.05) is 15.6 Å². The number of aryl methyl sites for hydroxylation is 2. The van der Waals surface area contributed by atoms with Crippen molar-refractivity contribution in [3.63, 3.8) is 0 Å². The molecule has 0 aliphatic heterocycles. The fourth-order valence-corrected chi connectivity index (χ4v) is 5.45. The van der Waals surface area contributed by atoms with Crippen LogP contribution < -0.4 is 0 Å². The minimum Gasteiger partial charge on any atom is -0.247 e. The Kier molecular flexibility index (Phi) is 3.95. The zero-order valence-electron chi connectivity index (χ0n) is 16.1. The summed E-state index contributed by atoms with van der Waals surface area (Å²) in [6, 6.07) is 26.3. The monoisotopic (exact) mass is 437 g/mol. The molecule has 0 unspecified atom stereocenters. The molecule has 0 saturated heterocycles. The topological polar surface area (TPSA) is 12.9 Å². The summed E-state index contributed by atoms with van der Waals surface area (Å²) in [5, 5.41) is 0. The lowest BCUT2D eigenvalue weighted by Gasteiger charge is -2.29. The van der Waals surface area contributed by atoms with Crippen molar-refractivity contribution in [1.82, 2.24) is 4.98 Å². The predicted octanol–water partition coefficient (Wildman–Crippen LogP) is 7.04. The summed E-state index contributed by atoms with van der Waals surface area (Å²) in [6.45, 7) is 0. The lowest BCUT2D eigenvalue weighted by molar-refractivity contribution is 0.892. The molecule has 3 aromatic carbocycles. The van der Waals surface area contributed by atoms with E-state index in [1.807, 2.05) is 0 Å². The van der Waals surface area contributed by atoms with E-state index in [0.29, 0.717) is 0 Å². The highest BCUT2D eigenvalue weighted by atomic mass is 79.9. The first-order valence-corrected chi connectivity index (χ1v) is 11.1. The maximum atomic E-state index is 5.33. The molecule has 0 atom stereocenters. The third kappa shape index (κ3) is 2.70. The van der Waals surface area contributed by atoms with Crippen LogP contribution in [0, 0.1) is 0 Å². The number of fused-ring (bicyclic) bond motifs is 6. The summed E-state index contributed by atoms with van der Waals surface area (Å²) in [4.78, 5) is 5.33. The molecule has 2 aliphatic carbocycles. The van der Waals surface area contributed by atoms with Gasteiger partial charge in [0.1, 0.15) is 0 Å². The highest BCUT2D eigenvalue weighted by Crippen LogP contribution is 2.45. The highest BCUT2D eigenvalue weighted by molar-refractivity contribution is 9.10. The standard InChI is InChI=1S/C27H20BrN/c28-20-9-5-8-19(16-20)25-23-14-12-17-6-1-3-10-21(17)26(23)29-27-22-11-4-2-7-18(22)13-15-24(25)27/h1-11,16H,12-15H2. The Morgan fingerprint density at radius 1 is 0.621 bits per heavy atom. The number of hydrogen-bond donors (Lipinski definition) is 0. The summed E-state index contributed by atoms with van der Waals surface area (Å²) in [6.07, 6.45) is 4.27. The molecule has 1 nitrogen and oxygen atoms in total. The molecule has 2 aliphatic rings. The van der Waals surface area contributed by atoms with Crippen LogP contribution >= 0.6 is 15.9 Å². The van der Waals surface area contributed by atoms with Gasteiger partial charge in [0.05, 0.1) is 11.4 Å². The molecule has 2 heteroatoms. The van der Waals surface area contributed by atoms with E-state index in [0.717, 1.165) is 30.2 Å². The van der Waals surface area contributed by atoms with Crippen LogP contribution in [-0.2, 0) is 25.7 Å². The second kappa shape index (κ2) is 6.67. The van der Waals surface area contributed by atoms with Crippen molar-refractivity contribution in [2.24, 2.45) is 0 Å². The Hall–Kier alpha value is -2.71. The largest absolute Gasteiger partial charge is 0.247 e. The zero-order chi connectivity index (χ0) is 19.4. The van der Waals surface area contributed by atoms with Gasteiger partial charge >= 0.3 is 0 Å². The fraction of sp³-hybridized carbons (Fsp3) is 0.148. The first-order chi connectivity index (χ1) is 14.3. The first-order valence-electron chi connectivity index (χ1n) is 10.3. The van der Waals surface area contributed by atoms with Gasteiger partial charge in [-0.05, 0) is 71.2 Å². The average Bonchev–Trinajstić information content (AvgIpc) is 2.77. The summed E-state index contributed by atoms with van der Waals surface area (Å²) in [5.41, 5.74) is 13.3. The summed E-state index contributed by atoms with van der Waals surface area (Å²) in [7, 11) is 0. The number of benzene rings is 3. The Bertz CT molecular complexity index is 1200. The molecule has 0 radical (unpaired) electrons. The number of pyridine rings is 1. The van der Waals surface area contributed by atoms with Gasteiger partial charge in [-0.25, -0.2) is 4.98 Å². The average molecular weight is 438 g/mol. The van der Waals surface area contributed by atoms with E-state index in [-0.39, 0.29) is 0 Å². The van der Waals surface area contributed by atoms with Crippen molar-refractivity contribution < 1.29 is 0 Å². The third-order valence-corrected chi connectivity index (χ3v) is 6.84. The molecule has 0 bridgehead atoms. The molecule has 0 fully saturated rings. The van der Waals surface area contributed by atoms with Crippen LogP contribution in [0.15, 0.2) is 77.3 Å². The summed E-state index contributed by atoms with van der Waals surface area (Å²) >= 11 is 3.69. The Morgan fingerprint density at radius 2 is 1.21 bits per heavy atom. The molecule has 1 heterocycles. The minimum atomic E-state index is 1.05. The second-order valence-electron chi connectivity index (χ2n) is 7.97. The molecule has 1 aromatic heterocycles. The number of rotatable bonds is 1. The van der Waals surface area contributed by atoms with Crippen molar-refractivity contribution >= 4 is 15.9 Å². The van der Waals surface area contributed by atoms with E-state index in [2.05, 4.69) is 88.7 Å². The second-order valence-corrected chi connectivity index (χ2v) is 8.88. The molecular weight excluding hydrogens is 418 g/mol. The zero-order valence-corrected chi connectivity index (χ0v) is 17.7. The van der Waals surface area contributed by atoms with Gasteiger partial charge in [-0.15, -0.1) is 0 Å². The van der Waals surface area contributed by atoms with Crippen LogP contribution in [0.25, 0.3) is 33.6 Å². The SMILES string of the molecule is Brc1cccc(-c2c3c(nc4c2CCc2ccccc2-4)-c2ccccc2CC3)c1. The van der Waals surface area contributed by atoms with E-state index in [1.54, 1.807) is 0 Å². The number of hydrogen-bond acceptors (Lipinski definition) is 1. The van der Waals surface area contributed by atoms with Crippen LogP contribution in [0.5, 0.6) is 0 Å². The van der Waals surface area contributed by atoms with Gasteiger partial charge in [0.15, 0.2) is 0 Å². The normalized spacial score (nSPS) is 13.8. The number of halogens is 1. The van der Waals surface area contributed by atoms with Gasteiger partial charge in [0.2, 0.25) is 0 Å². The molecule has 140 valence electrons. The smallest absolute Gasteiger partial charge is 0.0750 e. The van der Waals surface area contributed by atoms with Crippen LogP contribution in [-0.4, -0.2) is 4.98 Å². The van der Waals surface area contributed by atoms with Gasteiger partial charge in [-0.3, -0.25) is 0 Å². The van der Waals surface area contributed by atoms with E-state index < -0.39 is 0 Å². The van der Waals surface area contributed by atoms with E-state index in [1.165, 1.54) is 55.9 Å². The molecular formula is C27H20BrN. The van der Waals surface area contributed by atoms with Gasteiger partial charge in [0.25, 0.3) is 0 Å². The molecule has 0 N–H and O–H groups in total. The van der Waals surface area contributed by atoms with Crippen LogP contribution in [0.1, 0.15) is 22.3 Å². The molecule has 6 rings (SSSR count). The Labute approximate surface area is 179 Å². The first kappa shape index (κ1) is 17.2. The van der Waals surface area contributed by atoms with Gasteiger partial charge in [-0.1, -0.05) is 76.6 Å². The number of nitrogens with zero attached hydrogens (tertiary/aromatic N) is 1. The van der Waals surface area contributed by atoms with Crippen molar-refractivity contribution in [3.05, 3.63) is 99.5 Å². The van der Waals surface area contributed by atoms with Crippen molar-refractivity contribution in [1.29, 1.82) is 0 Å². The van der Waals surface area contributed by atoms with Crippen LogP contribution in [0.2, 0.25) is 0 Å². The number of aromatic nitrogens is 1. The van der Waals surface area contributed by atoms with E-state index in [9.17, 15) is 0 Å².